The van der Waals surface area contributed by atoms with Gasteiger partial charge in [0.25, 0.3) is 10.0 Å². The Morgan fingerprint density at radius 1 is 0.930 bits per heavy atom. The van der Waals surface area contributed by atoms with Crippen LogP contribution in [0.25, 0.3) is 22.1 Å². The summed E-state index contributed by atoms with van der Waals surface area (Å²) in [6.07, 6.45) is 8.21. The zero-order chi connectivity index (χ0) is 30.1. The van der Waals surface area contributed by atoms with Gasteiger partial charge in [-0.2, -0.15) is 5.26 Å². The van der Waals surface area contributed by atoms with E-state index >= 15 is 0 Å². The van der Waals surface area contributed by atoms with E-state index in [4.69, 9.17) is 23.9 Å². The number of methoxy groups -OCH3 is 1. The van der Waals surface area contributed by atoms with Gasteiger partial charge in [0.1, 0.15) is 11.3 Å². The van der Waals surface area contributed by atoms with Gasteiger partial charge in [-0.15, -0.1) is 0 Å². The lowest BCUT2D eigenvalue weighted by Gasteiger charge is -2.30. The second-order valence-corrected chi connectivity index (χ2v) is 12.5. The molecule has 0 aliphatic heterocycles. The van der Waals surface area contributed by atoms with Crippen LogP contribution in [0.2, 0.25) is 0 Å². The van der Waals surface area contributed by atoms with E-state index in [1.807, 2.05) is 6.07 Å². The standard InChI is InChI=1S/C31H39N5O6S/c1-39-17-18-41-21-22-42-20-19-40-16-13-29-34-28-23-33-31-27(12-15-35(31)43(37,38)26-5-3-2-4-6-26)30(28)36(29)25-9-7-24(8-10-25)11-14-32/h2-6,12,15,23-25H,7-11,13,16-22H2,1H3. The number of aromatic nitrogens is 4. The van der Waals surface area contributed by atoms with Crippen molar-refractivity contribution < 1.29 is 27.4 Å². The van der Waals surface area contributed by atoms with Crippen LogP contribution in [-0.4, -0.2) is 80.3 Å². The molecule has 12 heteroatoms. The average Bonchev–Trinajstić information content (AvgIpc) is 3.63. The number of rotatable bonds is 16. The predicted octanol–water partition coefficient (Wildman–Crippen LogP) is 4.51. The van der Waals surface area contributed by atoms with Crippen molar-refractivity contribution in [1.82, 2.24) is 18.5 Å². The quantitative estimate of drug-likeness (QED) is 0.168. The Labute approximate surface area is 252 Å². The van der Waals surface area contributed by atoms with Gasteiger partial charge in [-0.1, -0.05) is 18.2 Å². The summed E-state index contributed by atoms with van der Waals surface area (Å²) in [4.78, 5) is 9.73. The Balaban J connectivity index is 1.35. The normalized spacial score (nSPS) is 17.5. The van der Waals surface area contributed by atoms with Gasteiger partial charge in [0.15, 0.2) is 5.65 Å². The van der Waals surface area contributed by atoms with E-state index in [1.54, 1.807) is 49.8 Å². The number of hydrogen-bond acceptors (Lipinski definition) is 9. The minimum Gasteiger partial charge on any atom is -0.382 e. The Kier molecular flexibility index (Phi) is 10.8. The molecule has 4 aromatic rings. The first-order valence-electron chi connectivity index (χ1n) is 14.8. The average molecular weight is 610 g/mol. The topological polar surface area (TPSA) is 130 Å². The minimum absolute atomic E-state index is 0.191. The third kappa shape index (κ3) is 7.25. The van der Waals surface area contributed by atoms with Crippen molar-refractivity contribution in [3.8, 4) is 6.07 Å². The maximum atomic E-state index is 13.5. The second-order valence-electron chi connectivity index (χ2n) is 10.7. The number of nitrogens with zero attached hydrogens (tertiary/aromatic N) is 5. The van der Waals surface area contributed by atoms with E-state index < -0.39 is 10.0 Å². The molecule has 1 aromatic carbocycles. The van der Waals surface area contributed by atoms with Gasteiger partial charge in [0.05, 0.1) is 68.9 Å². The molecule has 3 aromatic heterocycles. The van der Waals surface area contributed by atoms with E-state index in [1.165, 1.54) is 3.97 Å². The van der Waals surface area contributed by atoms with Crippen LogP contribution in [0.4, 0.5) is 0 Å². The number of imidazole rings is 1. The Bertz CT molecular complexity index is 1620. The summed E-state index contributed by atoms with van der Waals surface area (Å²) in [5.41, 5.74) is 2.00. The molecule has 230 valence electrons. The molecule has 0 spiro atoms. The molecule has 1 aliphatic carbocycles. The number of hydrogen-bond donors (Lipinski definition) is 0. The molecule has 11 nitrogen and oxygen atoms in total. The lowest BCUT2D eigenvalue weighted by Crippen LogP contribution is -2.20. The van der Waals surface area contributed by atoms with Crippen molar-refractivity contribution >= 4 is 32.1 Å². The van der Waals surface area contributed by atoms with Crippen molar-refractivity contribution in [2.45, 2.75) is 49.5 Å². The molecule has 0 atom stereocenters. The maximum absolute atomic E-state index is 13.5. The molecule has 3 heterocycles. The zero-order valence-electron chi connectivity index (χ0n) is 24.6. The lowest BCUT2D eigenvalue weighted by atomic mass is 9.84. The summed E-state index contributed by atoms with van der Waals surface area (Å²) in [5.74, 6) is 1.30. The Hall–Kier alpha value is -3.34. The van der Waals surface area contributed by atoms with Gasteiger partial charge in [-0.25, -0.2) is 22.4 Å². The molecule has 0 amide bonds. The van der Waals surface area contributed by atoms with Crippen LogP contribution >= 0.6 is 0 Å². The zero-order valence-corrected chi connectivity index (χ0v) is 25.4. The molecule has 0 N–H and O–H groups in total. The Morgan fingerprint density at radius 2 is 1.60 bits per heavy atom. The van der Waals surface area contributed by atoms with Gasteiger partial charge in [-0.05, 0) is 49.8 Å². The van der Waals surface area contributed by atoms with Crippen LogP contribution in [-0.2, 0) is 35.4 Å². The van der Waals surface area contributed by atoms with E-state index in [-0.39, 0.29) is 10.9 Å². The van der Waals surface area contributed by atoms with Crippen molar-refractivity contribution in [3.63, 3.8) is 0 Å². The first-order chi connectivity index (χ1) is 21.0. The largest absolute Gasteiger partial charge is 0.382 e. The van der Waals surface area contributed by atoms with Gasteiger partial charge in [-0.3, -0.25) is 0 Å². The summed E-state index contributed by atoms with van der Waals surface area (Å²) in [7, 11) is -2.18. The van der Waals surface area contributed by atoms with Crippen LogP contribution in [0.5, 0.6) is 0 Å². The summed E-state index contributed by atoms with van der Waals surface area (Å²) in [6, 6.07) is 12.7. The molecular weight excluding hydrogens is 570 g/mol. The van der Waals surface area contributed by atoms with Crippen LogP contribution in [0.15, 0.2) is 53.7 Å². The molecule has 1 aliphatic rings. The van der Waals surface area contributed by atoms with Gasteiger partial charge in [0, 0.05) is 37.6 Å². The van der Waals surface area contributed by atoms with Gasteiger partial charge in [0.2, 0.25) is 0 Å². The number of benzene rings is 1. The Morgan fingerprint density at radius 3 is 2.28 bits per heavy atom. The van der Waals surface area contributed by atoms with Crippen molar-refractivity contribution in [3.05, 3.63) is 54.6 Å². The highest BCUT2D eigenvalue weighted by Crippen LogP contribution is 2.38. The molecule has 0 saturated heterocycles. The highest BCUT2D eigenvalue weighted by atomic mass is 32.2. The first-order valence-corrected chi connectivity index (χ1v) is 16.2. The molecule has 1 fully saturated rings. The molecule has 0 bridgehead atoms. The van der Waals surface area contributed by atoms with Crippen LogP contribution in [0, 0.1) is 17.2 Å². The van der Waals surface area contributed by atoms with E-state index in [0.29, 0.717) is 70.7 Å². The molecule has 0 unspecified atom stereocenters. The molecule has 43 heavy (non-hydrogen) atoms. The fraction of sp³-hybridized carbons (Fsp3) is 0.516. The van der Waals surface area contributed by atoms with Crippen LogP contribution < -0.4 is 0 Å². The smallest absolute Gasteiger partial charge is 0.269 e. The molecule has 5 rings (SSSR count). The predicted molar refractivity (Wildman–Crippen MR) is 161 cm³/mol. The van der Waals surface area contributed by atoms with Crippen molar-refractivity contribution in [2.75, 3.05) is 53.4 Å². The third-order valence-electron chi connectivity index (χ3n) is 7.91. The summed E-state index contributed by atoms with van der Waals surface area (Å²) < 4.78 is 52.3. The third-order valence-corrected chi connectivity index (χ3v) is 9.59. The van der Waals surface area contributed by atoms with Crippen molar-refractivity contribution in [1.29, 1.82) is 5.26 Å². The summed E-state index contributed by atoms with van der Waals surface area (Å²) in [6.45, 7) is 3.54. The van der Waals surface area contributed by atoms with E-state index in [2.05, 4.69) is 15.6 Å². The van der Waals surface area contributed by atoms with Crippen LogP contribution in [0.3, 0.4) is 0 Å². The summed E-state index contributed by atoms with van der Waals surface area (Å²) in [5, 5.41) is 9.94. The lowest BCUT2D eigenvalue weighted by molar-refractivity contribution is 0.00385. The second kappa shape index (κ2) is 14.9. The maximum Gasteiger partial charge on any atom is 0.269 e. The fourth-order valence-corrected chi connectivity index (χ4v) is 7.07. The number of fused-ring (bicyclic) bond motifs is 3. The molecule has 1 saturated carbocycles. The monoisotopic (exact) mass is 609 g/mol. The number of nitriles is 1. The molecular formula is C31H39N5O6S. The molecule has 0 radical (unpaired) electrons. The minimum atomic E-state index is -3.82. The number of ether oxygens (including phenoxy) is 4. The SMILES string of the molecule is COCCOCCOCCOCCc1nc2cnc3c(ccn3S(=O)(=O)c3ccccc3)c2n1C1CCC(CC#N)CC1. The van der Waals surface area contributed by atoms with Crippen molar-refractivity contribution in [2.24, 2.45) is 5.92 Å². The highest BCUT2D eigenvalue weighted by molar-refractivity contribution is 7.90. The van der Waals surface area contributed by atoms with E-state index in [0.717, 1.165) is 47.9 Å². The van der Waals surface area contributed by atoms with E-state index in [9.17, 15) is 13.7 Å². The number of pyridine rings is 1. The fourth-order valence-electron chi connectivity index (χ4n) is 5.75. The summed E-state index contributed by atoms with van der Waals surface area (Å²) >= 11 is 0. The van der Waals surface area contributed by atoms with Gasteiger partial charge < -0.3 is 23.5 Å². The van der Waals surface area contributed by atoms with Gasteiger partial charge >= 0.3 is 0 Å². The highest BCUT2D eigenvalue weighted by Gasteiger charge is 2.28. The first kappa shape index (κ1) is 31.1. The van der Waals surface area contributed by atoms with Crippen LogP contribution in [0.1, 0.15) is 44.0 Å².